The van der Waals surface area contributed by atoms with Crippen molar-refractivity contribution in [3.05, 3.63) is 35.1 Å². The van der Waals surface area contributed by atoms with Gasteiger partial charge in [0, 0.05) is 12.6 Å². The standard InChI is InChI=1S/C15H17F4NO3/c1-14(2,3)23-13(22)20(4)12(8-21)10-7-9(15(17,18)19)5-6-11(10)16/h5-8,12H,1-4H3. The first-order valence-electron chi connectivity index (χ1n) is 6.64. The van der Waals surface area contributed by atoms with Crippen LogP contribution in [0.4, 0.5) is 22.4 Å². The summed E-state index contributed by atoms with van der Waals surface area (Å²) in [6, 6.07) is 0.147. The molecule has 0 aliphatic carbocycles. The third-order valence-electron chi connectivity index (χ3n) is 2.87. The van der Waals surface area contributed by atoms with Crippen molar-refractivity contribution in [3.8, 4) is 0 Å². The molecule has 0 saturated carbocycles. The summed E-state index contributed by atoms with van der Waals surface area (Å²) in [7, 11) is 1.15. The van der Waals surface area contributed by atoms with Gasteiger partial charge >= 0.3 is 12.3 Å². The van der Waals surface area contributed by atoms with Crippen LogP contribution in [0.2, 0.25) is 0 Å². The Balaban J connectivity index is 3.20. The number of rotatable bonds is 3. The van der Waals surface area contributed by atoms with E-state index in [0.717, 1.165) is 11.9 Å². The van der Waals surface area contributed by atoms with Crippen molar-refractivity contribution in [3.63, 3.8) is 0 Å². The average Bonchev–Trinajstić information content (AvgIpc) is 2.38. The molecule has 4 nitrogen and oxygen atoms in total. The maximum absolute atomic E-state index is 13.9. The Hall–Kier alpha value is -2.12. The lowest BCUT2D eigenvalue weighted by Crippen LogP contribution is -2.37. The molecule has 128 valence electrons. The van der Waals surface area contributed by atoms with E-state index in [2.05, 4.69) is 0 Å². The first-order valence-corrected chi connectivity index (χ1v) is 6.64. The van der Waals surface area contributed by atoms with Crippen LogP contribution >= 0.6 is 0 Å². The lowest BCUT2D eigenvalue weighted by atomic mass is 10.0. The van der Waals surface area contributed by atoms with Crippen LogP contribution in [-0.4, -0.2) is 29.9 Å². The topological polar surface area (TPSA) is 46.6 Å². The summed E-state index contributed by atoms with van der Waals surface area (Å²) in [6.45, 7) is 4.75. The maximum Gasteiger partial charge on any atom is 0.416 e. The molecule has 1 aromatic carbocycles. The molecule has 1 aromatic rings. The van der Waals surface area contributed by atoms with Crippen LogP contribution in [0.1, 0.15) is 37.9 Å². The van der Waals surface area contributed by atoms with Gasteiger partial charge in [-0.25, -0.2) is 9.18 Å². The molecule has 1 rings (SSSR count). The molecular formula is C15H17F4NO3. The third kappa shape index (κ3) is 4.94. The van der Waals surface area contributed by atoms with Gasteiger partial charge in [-0.3, -0.25) is 4.90 Å². The van der Waals surface area contributed by atoms with Crippen LogP contribution < -0.4 is 0 Å². The zero-order chi connectivity index (χ0) is 18.0. The Labute approximate surface area is 131 Å². The number of benzene rings is 1. The van der Waals surface area contributed by atoms with Gasteiger partial charge < -0.3 is 9.53 Å². The summed E-state index contributed by atoms with van der Waals surface area (Å²) in [5.41, 5.74) is -2.54. The van der Waals surface area contributed by atoms with Gasteiger partial charge in [-0.2, -0.15) is 13.2 Å². The highest BCUT2D eigenvalue weighted by atomic mass is 19.4. The molecule has 0 N–H and O–H groups in total. The number of hydrogen-bond donors (Lipinski definition) is 0. The summed E-state index contributed by atoms with van der Waals surface area (Å²) in [5.74, 6) is -1.02. The Bertz CT molecular complexity index is 593. The zero-order valence-corrected chi connectivity index (χ0v) is 13.1. The fourth-order valence-corrected chi connectivity index (χ4v) is 1.77. The summed E-state index contributed by atoms with van der Waals surface area (Å²) in [4.78, 5) is 23.9. The van der Waals surface area contributed by atoms with Crippen molar-refractivity contribution in [1.82, 2.24) is 4.90 Å². The van der Waals surface area contributed by atoms with Crippen LogP contribution in [-0.2, 0) is 15.7 Å². The van der Waals surface area contributed by atoms with E-state index in [1.54, 1.807) is 20.8 Å². The molecule has 0 aliphatic rings. The predicted molar refractivity (Wildman–Crippen MR) is 74.2 cm³/mol. The summed E-state index contributed by atoms with van der Waals surface area (Å²) >= 11 is 0. The average molecular weight is 335 g/mol. The molecule has 0 aliphatic heterocycles. The largest absolute Gasteiger partial charge is 0.444 e. The minimum absolute atomic E-state index is 0.183. The van der Waals surface area contributed by atoms with Crippen LogP contribution in [0.15, 0.2) is 18.2 Å². The van der Waals surface area contributed by atoms with Gasteiger partial charge in [-0.1, -0.05) is 0 Å². The maximum atomic E-state index is 13.9. The molecule has 1 atom stereocenters. The second kappa shape index (κ2) is 6.55. The number of alkyl halides is 3. The van der Waals surface area contributed by atoms with Crippen LogP contribution in [0.3, 0.4) is 0 Å². The first kappa shape index (κ1) is 18.9. The molecule has 1 unspecified atom stereocenters. The van der Waals surface area contributed by atoms with Gasteiger partial charge in [0.1, 0.15) is 23.7 Å². The molecular weight excluding hydrogens is 318 g/mol. The summed E-state index contributed by atoms with van der Waals surface area (Å²) in [5, 5.41) is 0. The van der Waals surface area contributed by atoms with Gasteiger partial charge in [0.15, 0.2) is 0 Å². The van der Waals surface area contributed by atoms with E-state index in [1.807, 2.05) is 0 Å². The van der Waals surface area contributed by atoms with Crippen LogP contribution in [0.25, 0.3) is 0 Å². The number of ether oxygens (including phenoxy) is 1. The second-order valence-electron chi connectivity index (χ2n) is 5.91. The van der Waals surface area contributed by atoms with Gasteiger partial charge in [-0.05, 0) is 39.0 Å². The minimum atomic E-state index is -4.69. The number of aldehydes is 1. The van der Waals surface area contributed by atoms with Crippen molar-refractivity contribution in [2.24, 2.45) is 0 Å². The van der Waals surface area contributed by atoms with Crippen LogP contribution in [0.5, 0.6) is 0 Å². The Kier molecular flexibility index (Phi) is 5.39. The number of amides is 1. The van der Waals surface area contributed by atoms with Crippen molar-refractivity contribution < 1.29 is 31.9 Å². The normalized spacial score (nSPS) is 13.4. The molecule has 1 amide bonds. The third-order valence-corrected chi connectivity index (χ3v) is 2.87. The van der Waals surface area contributed by atoms with E-state index in [4.69, 9.17) is 4.74 Å². The predicted octanol–water partition coefficient (Wildman–Crippen LogP) is 3.95. The summed E-state index contributed by atoms with van der Waals surface area (Å²) in [6.07, 6.45) is -5.46. The van der Waals surface area contributed by atoms with Crippen molar-refractivity contribution in [2.45, 2.75) is 38.6 Å². The van der Waals surface area contributed by atoms with Gasteiger partial charge in [0.25, 0.3) is 0 Å². The quantitative estimate of drug-likeness (QED) is 0.621. The molecule has 23 heavy (non-hydrogen) atoms. The van der Waals surface area contributed by atoms with Gasteiger partial charge in [0.05, 0.1) is 5.56 Å². The number of likely N-dealkylation sites (N-methyl/N-ethyl adjacent to an activating group) is 1. The smallest absolute Gasteiger partial charge is 0.416 e. The van der Waals surface area contributed by atoms with Gasteiger partial charge in [-0.15, -0.1) is 0 Å². The number of halogens is 4. The Morgan fingerprint density at radius 2 is 1.83 bits per heavy atom. The lowest BCUT2D eigenvalue weighted by molar-refractivity contribution is -0.137. The van der Waals surface area contributed by atoms with Gasteiger partial charge in [0.2, 0.25) is 0 Å². The SMILES string of the molecule is CN(C(=O)OC(C)(C)C)C(C=O)c1cc(C(F)(F)F)ccc1F. The molecule has 0 spiro atoms. The van der Waals surface area contributed by atoms with Crippen LogP contribution in [0, 0.1) is 5.82 Å². The fourth-order valence-electron chi connectivity index (χ4n) is 1.77. The first-order chi connectivity index (χ1) is 10.4. The zero-order valence-electron chi connectivity index (χ0n) is 13.1. The summed E-state index contributed by atoms with van der Waals surface area (Å²) < 4.78 is 57.1. The van der Waals surface area contributed by atoms with E-state index in [1.165, 1.54) is 0 Å². The Morgan fingerprint density at radius 3 is 2.26 bits per heavy atom. The highest BCUT2D eigenvalue weighted by Crippen LogP contribution is 2.32. The van der Waals surface area contributed by atoms with E-state index in [0.29, 0.717) is 18.2 Å². The molecule has 8 heteroatoms. The number of carbonyl (C=O) groups excluding carboxylic acids is 2. The van der Waals surface area contributed by atoms with E-state index >= 15 is 0 Å². The molecule has 0 fully saturated rings. The van der Waals surface area contributed by atoms with E-state index in [-0.39, 0.29) is 6.29 Å². The van der Waals surface area contributed by atoms with E-state index in [9.17, 15) is 27.2 Å². The second-order valence-corrected chi connectivity index (χ2v) is 5.91. The molecule has 0 saturated heterocycles. The molecule has 0 aromatic heterocycles. The number of hydrogen-bond acceptors (Lipinski definition) is 3. The van der Waals surface area contributed by atoms with Crippen molar-refractivity contribution >= 4 is 12.4 Å². The Morgan fingerprint density at radius 1 is 1.26 bits per heavy atom. The van der Waals surface area contributed by atoms with Crippen molar-refractivity contribution in [1.29, 1.82) is 0 Å². The number of carbonyl (C=O) groups is 2. The monoisotopic (exact) mass is 335 g/mol. The van der Waals surface area contributed by atoms with E-state index < -0.39 is 40.9 Å². The lowest BCUT2D eigenvalue weighted by Gasteiger charge is -2.28. The molecule has 0 bridgehead atoms. The minimum Gasteiger partial charge on any atom is -0.444 e. The molecule has 0 radical (unpaired) electrons. The number of nitrogens with zero attached hydrogens (tertiary/aromatic N) is 1. The molecule has 0 heterocycles. The van der Waals surface area contributed by atoms with Crippen molar-refractivity contribution in [2.75, 3.05) is 7.05 Å². The highest BCUT2D eigenvalue weighted by Gasteiger charge is 2.34. The highest BCUT2D eigenvalue weighted by molar-refractivity contribution is 5.74. The fraction of sp³-hybridized carbons (Fsp3) is 0.467.